The van der Waals surface area contributed by atoms with Gasteiger partial charge >= 0.3 is 0 Å². The first-order valence-corrected chi connectivity index (χ1v) is 10.8. The van der Waals surface area contributed by atoms with Gasteiger partial charge in [0.2, 0.25) is 0 Å². The van der Waals surface area contributed by atoms with Crippen molar-refractivity contribution < 1.29 is 13.2 Å². The summed E-state index contributed by atoms with van der Waals surface area (Å²) in [5.74, 6) is 1.22. The molecule has 0 saturated heterocycles. The fourth-order valence-corrected chi connectivity index (χ4v) is 3.46. The number of nitrogens with one attached hydrogen (secondary N) is 1. The van der Waals surface area contributed by atoms with E-state index in [1.807, 2.05) is 24.3 Å². The van der Waals surface area contributed by atoms with Gasteiger partial charge in [-0.05, 0) is 29.8 Å². The van der Waals surface area contributed by atoms with Gasteiger partial charge in [0, 0.05) is 12.3 Å². The maximum atomic E-state index is 11.5. The summed E-state index contributed by atoms with van der Waals surface area (Å²) in [6.45, 7) is 0. The highest BCUT2D eigenvalue weighted by Gasteiger charge is 2.11. The molecule has 30 heavy (non-hydrogen) atoms. The molecule has 0 atom stereocenters. The predicted molar refractivity (Wildman–Crippen MR) is 114 cm³/mol. The molecular formula is C20H18N6O3S. The first-order chi connectivity index (χ1) is 14.5. The lowest BCUT2D eigenvalue weighted by Gasteiger charge is -2.06. The van der Waals surface area contributed by atoms with Crippen molar-refractivity contribution in [2.24, 2.45) is 5.10 Å². The second kappa shape index (κ2) is 7.91. The predicted octanol–water partition coefficient (Wildman–Crippen LogP) is 2.67. The zero-order valence-corrected chi connectivity index (χ0v) is 17.0. The number of anilines is 1. The highest BCUT2D eigenvalue weighted by atomic mass is 32.2. The third-order valence-electron chi connectivity index (χ3n) is 4.36. The van der Waals surface area contributed by atoms with Crippen LogP contribution in [-0.4, -0.2) is 47.7 Å². The monoisotopic (exact) mass is 422 g/mol. The highest BCUT2D eigenvalue weighted by molar-refractivity contribution is 7.90. The van der Waals surface area contributed by atoms with E-state index in [0.29, 0.717) is 16.9 Å². The van der Waals surface area contributed by atoms with E-state index in [0.717, 1.165) is 17.0 Å². The molecule has 0 spiro atoms. The number of sulfone groups is 1. The molecule has 0 amide bonds. The largest absolute Gasteiger partial charge is 0.497 e. The summed E-state index contributed by atoms with van der Waals surface area (Å²) in [6, 6.07) is 13.9. The van der Waals surface area contributed by atoms with E-state index in [4.69, 9.17) is 4.74 Å². The molecule has 10 heteroatoms. The maximum Gasteiger partial charge on any atom is 0.175 e. The number of hydrazone groups is 1. The summed E-state index contributed by atoms with van der Waals surface area (Å²) < 4.78 is 30.0. The molecule has 4 aromatic rings. The van der Waals surface area contributed by atoms with Crippen LogP contribution >= 0.6 is 0 Å². The van der Waals surface area contributed by atoms with E-state index in [9.17, 15) is 8.42 Å². The van der Waals surface area contributed by atoms with E-state index < -0.39 is 9.84 Å². The van der Waals surface area contributed by atoms with Gasteiger partial charge in [-0.15, -0.1) is 0 Å². The summed E-state index contributed by atoms with van der Waals surface area (Å²) >= 11 is 0. The first kappa shape index (κ1) is 19.5. The molecule has 0 aliphatic heterocycles. The molecular weight excluding hydrogens is 404 g/mol. The van der Waals surface area contributed by atoms with Crippen LogP contribution in [0.25, 0.3) is 16.7 Å². The SMILES string of the molecule is COc1cccc(-n2ncc3c(N/N=C/c4ccc(S(C)(=O)=O)cc4)ncnc32)c1. The van der Waals surface area contributed by atoms with Crippen molar-refractivity contribution in [2.75, 3.05) is 18.8 Å². The van der Waals surface area contributed by atoms with Crippen molar-refractivity contribution in [3.63, 3.8) is 0 Å². The van der Waals surface area contributed by atoms with E-state index >= 15 is 0 Å². The molecule has 0 radical (unpaired) electrons. The van der Waals surface area contributed by atoms with Crippen LogP contribution in [0.4, 0.5) is 5.82 Å². The Balaban J connectivity index is 1.58. The quantitative estimate of drug-likeness (QED) is 0.376. The minimum atomic E-state index is -3.23. The van der Waals surface area contributed by atoms with Crippen LogP contribution in [0.5, 0.6) is 5.75 Å². The van der Waals surface area contributed by atoms with Crippen LogP contribution in [0.2, 0.25) is 0 Å². The van der Waals surface area contributed by atoms with Crippen molar-refractivity contribution in [3.05, 3.63) is 66.6 Å². The number of hydrogen-bond donors (Lipinski definition) is 1. The van der Waals surface area contributed by atoms with Gasteiger partial charge < -0.3 is 4.74 Å². The number of hydrogen-bond acceptors (Lipinski definition) is 8. The van der Waals surface area contributed by atoms with Crippen molar-refractivity contribution in [1.82, 2.24) is 19.7 Å². The van der Waals surface area contributed by atoms with E-state index in [-0.39, 0.29) is 4.90 Å². The fourth-order valence-electron chi connectivity index (χ4n) is 2.83. The molecule has 9 nitrogen and oxygen atoms in total. The lowest BCUT2D eigenvalue weighted by atomic mass is 10.2. The number of aromatic nitrogens is 4. The fraction of sp³-hybridized carbons (Fsp3) is 0.100. The normalized spacial score (nSPS) is 11.8. The van der Waals surface area contributed by atoms with E-state index in [1.165, 1.54) is 24.7 Å². The molecule has 0 bridgehead atoms. The molecule has 0 unspecified atom stereocenters. The standard InChI is InChI=1S/C20H18N6O3S/c1-29-16-5-3-4-15(10-16)26-20-18(12-24-26)19(21-13-22-20)25-23-11-14-6-8-17(9-7-14)30(2,27)28/h3-13H,1-2H3,(H,21,22,25)/b23-11+. The Morgan fingerprint density at radius 2 is 1.93 bits per heavy atom. The third kappa shape index (κ3) is 3.98. The Morgan fingerprint density at radius 1 is 1.13 bits per heavy atom. The lowest BCUT2D eigenvalue weighted by Crippen LogP contribution is -2.00. The summed E-state index contributed by atoms with van der Waals surface area (Å²) in [6.07, 6.45) is 5.84. The second-order valence-corrected chi connectivity index (χ2v) is 8.44. The number of ether oxygens (including phenoxy) is 1. The van der Waals surface area contributed by atoms with Crippen LogP contribution in [-0.2, 0) is 9.84 Å². The number of nitrogens with zero attached hydrogens (tertiary/aromatic N) is 5. The summed E-state index contributed by atoms with van der Waals surface area (Å²) in [5.41, 5.74) is 5.06. The van der Waals surface area contributed by atoms with Crippen LogP contribution in [0.15, 0.2) is 71.1 Å². The topological polar surface area (TPSA) is 111 Å². The molecule has 4 rings (SSSR count). The Hall–Kier alpha value is -3.79. The Morgan fingerprint density at radius 3 is 2.67 bits per heavy atom. The van der Waals surface area contributed by atoms with Gasteiger partial charge in [-0.2, -0.15) is 10.2 Å². The highest BCUT2D eigenvalue weighted by Crippen LogP contribution is 2.23. The Kier molecular flexibility index (Phi) is 5.15. The van der Waals surface area contributed by atoms with E-state index in [1.54, 1.807) is 36.3 Å². The Bertz CT molecular complexity index is 1330. The average molecular weight is 422 g/mol. The van der Waals surface area contributed by atoms with Gasteiger partial charge in [0.15, 0.2) is 21.3 Å². The average Bonchev–Trinajstić information content (AvgIpc) is 3.18. The smallest absolute Gasteiger partial charge is 0.175 e. The van der Waals surface area contributed by atoms with Crippen molar-refractivity contribution in [3.8, 4) is 11.4 Å². The molecule has 2 heterocycles. The molecule has 0 aliphatic carbocycles. The minimum absolute atomic E-state index is 0.259. The molecule has 1 N–H and O–H groups in total. The van der Waals surface area contributed by atoms with Crippen LogP contribution in [0, 0.1) is 0 Å². The zero-order valence-electron chi connectivity index (χ0n) is 16.2. The molecule has 0 fully saturated rings. The molecule has 2 aromatic heterocycles. The van der Waals surface area contributed by atoms with Gasteiger partial charge in [0.05, 0.1) is 35.5 Å². The van der Waals surface area contributed by atoms with Gasteiger partial charge in [-0.25, -0.2) is 23.1 Å². The molecule has 152 valence electrons. The number of rotatable bonds is 6. The van der Waals surface area contributed by atoms with Crippen molar-refractivity contribution in [2.45, 2.75) is 4.90 Å². The molecule has 2 aromatic carbocycles. The number of fused-ring (bicyclic) bond motifs is 1. The third-order valence-corrected chi connectivity index (χ3v) is 5.48. The lowest BCUT2D eigenvalue weighted by molar-refractivity contribution is 0.414. The molecule has 0 aliphatic rings. The van der Waals surface area contributed by atoms with Crippen molar-refractivity contribution in [1.29, 1.82) is 0 Å². The molecule has 0 saturated carbocycles. The minimum Gasteiger partial charge on any atom is -0.497 e. The van der Waals surface area contributed by atoms with Crippen LogP contribution in [0.3, 0.4) is 0 Å². The maximum absolute atomic E-state index is 11.5. The summed E-state index contributed by atoms with van der Waals surface area (Å²) in [4.78, 5) is 8.82. The second-order valence-electron chi connectivity index (χ2n) is 6.43. The summed E-state index contributed by atoms with van der Waals surface area (Å²) in [7, 11) is -1.62. The van der Waals surface area contributed by atoms with Gasteiger partial charge in [0.1, 0.15) is 12.1 Å². The van der Waals surface area contributed by atoms with Crippen LogP contribution < -0.4 is 10.2 Å². The van der Waals surface area contributed by atoms with Gasteiger partial charge in [-0.3, -0.25) is 5.43 Å². The van der Waals surface area contributed by atoms with E-state index in [2.05, 4.69) is 25.6 Å². The number of methoxy groups -OCH3 is 1. The van der Waals surface area contributed by atoms with Crippen molar-refractivity contribution >= 4 is 32.9 Å². The number of benzene rings is 2. The summed E-state index contributed by atoms with van der Waals surface area (Å²) in [5, 5.41) is 9.30. The van der Waals surface area contributed by atoms with Gasteiger partial charge in [0.25, 0.3) is 0 Å². The first-order valence-electron chi connectivity index (χ1n) is 8.88. The zero-order chi connectivity index (χ0) is 21.1. The Labute approximate surface area is 173 Å². The van der Waals surface area contributed by atoms with Crippen LogP contribution in [0.1, 0.15) is 5.56 Å². The van der Waals surface area contributed by atoms with Gasteiger partial charge in [-0.1, -0.05) is 18.2 Å².